The number of para-hydroxylation sites is 2. The number of hydrogen-bond acceptors (Lipinski definition) is 4. The molecule has 0 saturated heterocycles. The highest BCUT2D eigenvalue weighted by Crippen LogP contribution is 2.20. The van der Waals surface area contributed by atoms with E-state index in [1.165, 1.54) is 16.9 Å². The molecule has 0 atom stereocenters. The molecule has 2 heterocycles. The van der Waals surface area contributed by atoms with Crippen LogP contribution in [0.4, 0.5) is 0 Å². The second kappa shape index (κ2) is 11.1. The topological polar surface area (TPSA) is 56.1 Å². The first kappa shape index (κ1) is 23.1. The zero-order valence-electron chi connectivity index (χ0n) is 19.3. The fraction of sp³-hybridized carbons (Fsp3) is 0.333. The first-order chi connectivity index (χ1) is 16.1. The highest BCUT2D eigenvalue weighted by molar-refractivity contribution is 7.12. The van der Waals surface area contributed by atoms with E-state index < -0.39 is 0 Å². The zero-order valence-corrected chi connectivity index (χ0v) is 20.1. The second-order valence-corrected chi connectivity index (χ2v) is 9.38. The van der Waals surface area contributed by atoms with E-state index in [1.54, 1.807) is 0 Å². The van der Waals surface area contributed by atoms with Crippen LogP contribution in [0.5, 0.6) is 5.75 Å². The number of ether oxygens (including phenoxy) is 1. The maximum absolute atomic E-state index is 12.2. The molecule has 0 aliphatic carbocycles. The van der Waals surface area contributed by atoms with Crippen LogP contribution in [0.15, 0.2) is 66.0 Å². The van der Waals surface area contributed by atoms with E-state index in [0.717, 1.165) is 46.9 Å². The van der Waals surface area contributed by atoms with Crippen LogP contribution in [0.3, 0.4) is 0 Å². The molecule has 172 valence electrons. The minimum Gasteiger partial charge on any atom is -0.494 e. The smallest absolute Gasteiger partial charge is 0.261 e. The van der Waals surface area contributed by atoms with Crippen LogP contribution in [0.2, 0.25) is 0 Å². The van der Waals surface area contributed by atoms with Gasteiger partial charge in [0.15, 0.2) is 0 Å². The molecule has 0 bridgehead atoms. The Morgan fingerprint density at radius 3 is 2.64 bits per heavy atom. The molecule has 0 aliphatic rings. The molecule has 2 aromatic carbocycles. The van der Waals surface area contributed by atoms with Gasteiger partial charge in [0.25, 0.3) is 5.91 Å². The molecule has 1 amide bonds. The van der Waals surface area contributed by atoms with E-state index in [0.29, 0.717) is 25.5 Å². The largest absolute Gasteiger partial charge is 0.494 e. The van der Waals surface area contributed by atoms with E-state index in [-0.39, 0.29) is 5.91 Å². The highest BCUT2D eigenvalue weighted by Gasteiger charge is 2.12. The first-order valence-corrected chi connectivity index (χ1v) is 12.5. The summed E-state index contributed by atoms with van der Waals surface area (Å²) in [5, 5.41) is 4.92. The van der Waals surface area contributed by atoms with Crippen LogP contribution >= 0.6 is 11.3 Å². The number of unbranched alkanes of at least 4 members (excludes halogenated alkanes) is 1. The quantitative estimate of drug-likeness (QED) is 0.277. The molecule has 4 aromatic rings. The number of nitrogens with zero attached hydrogens (tertiary/aromatic N) is 2. The van der Waals surface area contributed by atoms with Gasteiger partial charge in [-0.25, -0.2) is 4.98 Å². The number of carbonyl (C=O) groups excluding carboxylic acids is 1. The van der Waals surface area contributed by atoms with Crippen molar-refractivity contribution >= 4 is 28.3 Å². The monoisotopic (exact) mass is 461 g/mol. The lowest BCUT2D eigenvalue weighted by Gasteiger charge is -2.11. The van der Waals surface area contributed by atoms with Gasteiger partial charge in [-0.2, -0.15) is 0 Å². The Morgan fingerprint density at radius 2 is 1.88 bits per heavy atom. The summed E-state index contributed by atoms with van der Waals surface area (Å²) in [5.74, 6) is 2.44. The van der Waals surface area contributed by atoms with Gasteiger partial charge in [0.05, 0.1) is 22.5 Å². The summed E-state index contributed by atoms with van der Waals surface area (Å²) in [4.78, 5) is 17.8. The molecule has 2 aromatic heterocycles. The molecule has 33 heavy (non-hydrogen) atoms. The number of carbonyl (C=O) groups is 1. The summed E-state index contributed by atoms with van der Waals surface area (Å²) in [5.41, 5.74) is 3.47. The van der Waals surface area contributed by atoms with E-state index in [1.807, 2.05) is 35.7 Å². The van der Waals surface area contributed by atoms with E-state index in [4.69, 9.17) is 9.72 Å². The van der Waals surface area contributed by atoms with Crippen molar-refractivity contribution in [2.75, 3.05) is 13.2 Å². The number of amides is 1. The third-order valence-electron chi connectivity index (χ3n) is 5.70. The fourth-order valence-corrected chi connectivity index (χ4v) is 4.50. The second-order valence-electron chi connectivity index (χ2n) is 8.43. The van der Waals surface area contributed by atoms with Crippen LogP contribution in [0.1, 0.15) is 53.7 Å². The number of nitrogens with one attached hydrogen (secondary N) is 1. The zero-order chi connectivity index (χ0) is 23.0. The van der Waals surface area contributed by atoms with Crippen molar-refractivity contribution in [1.82, 2.24) is 14.9 Å². The van der Waals surface area contributed by atoms with Crippen LogP contribution in [-0.2, 0) is 13.0 Å². The van der Waals surface area contributed by atoms with Gasteiger partial charge in [-0.15, -0.1) is 11.3 Å². The summed E-state index contributed by atoms with van der Waals surface area (Å²) < 4.78 is 8.21. The molecule has 1 N–H and O–H groups in total. The van der Waals surface area contributed by atoms with E-state index in [2.05, 4.69) is 54.1 Å². The number of imidazole rings is 1. The minimum absolute atomic E-state index is 0.0220. The van der Waals surface area contributed by atoms with Crippen molar-refractivity contribution in [2.24, 2.45) is 0 Å². The first-order valence-electron chi connectivity index (χ1n) is 11.6. The normalized spacial score (nSPS) is 11.2. The Kier molecular flexibility index (Phi) is 7.79. The van der Waals surface area contributed by atoms with Crippen molar-refractivity contribution in [3.63, 3.8) is 0 Å². The summed E-state index contributed by atoms with van der Waals surface area (Å²) in [6.45, 7) is 6.53. The molecular formula is C27H31N3O2S. The van der Waals surface area contributed by atoms with Gasteiger partial charge < -0.3 is 14.6 Å². The van der Waals surface area contributed by atoms with Crippen molar-refractivity contribution in [3.05, 3.63) is 82.3 Å². The molecule has 0 spiro atoms. The van der Waals surface area contributed by atoms with Crippen molar-refractivity contribution in [3.8, 4) is 5.75 Å². The van der Waals surface area contributed by atoms with Crippen molar-refractivity contribution in [1.29, 1.82) is 0 Å². The minimum atomic E-state index is -0.0220. The predicted molar refractivity (Wildman–Crippen MR) is 135 cm³/mol. The molecule has 0 aliphatic heterocycles. The molecule has 4 rings (SSSR count). The lowest BCUT2D eigenvalue weighted by Crippen LogP contribution is -2.25. The summed E-state index contributed by atoms with van der Waals surface area (Å²) >= 11 is 1.46. The van der Waals surface area contributed by atoms with Gasteiger partial charge in [-0.05, 0) is 60.0 Å². The lowest BCUT2D eigenvalue weighted by molar-refractivity contribution is 0.0958. The van der Waals surface area contributed by atoms with Crippen LogP contribution in [-0.4, -0.2) is 28.6 Å². The van der Waals surface area contributed by atoms with E-state index in [9.17, 15) is 4.79 Å². The number of fused-ring (bicyclic) bond motifs is 1. The van der Waals surface area contributed by atoms with Crippen LogP contribution in [0.25, 0.3) is 11.0 Å². The maximum atomic E-state index is 12.2. The van der Waals surface area contributed by atoms with Crippen LogP contribution in [0, 0.1) is 0 Å². The number of rotatable bonds is 11. The van der Waals surface area contributed by atoms with Crippen LogP contribution < -0.4 is 10.1 Å². The summed E-state index contributed by atoms with van der Waals surface area (Å²) in [7, 11) is 0. The maximum Gasteiger partial charge on any atom is 0.261 e. The SMILES string of the molecule is CC(C)c1ccc(OCCCCn2c(CCNC(=O)c3cccs3)nc3ccccc32)cc1. The average Bonchev–Trinajstić information content (AvgIpc) is 3.48. The Hall–Kier alpha value is -3.12. The van der Waals surface area contributed by atoms with Crippen molar-refractivity contribution in [2.45, 2.75) is 45.6 Å². The van der Waals surface area contributed by atoms with Gasteiger partial charge in [-0.3, -0.25) is 4.79 Å². The molecule has 0 unspecified atom stereocenters. The highest BCUT2D eigenvalue weighted by atomic mass is 32.1. The van der Waals surface area contributed by atoms with Gasteiger partial charge >= 0.3 is 0 Å². The Balaban J connectivity index is 1.30. The molecule has 0 fully saturated rings. The Morgan fingerprint density at radius 1 is 1.06 bits per heavy atom. The summed E-state index contributed by atoms with van der Waals surface area (Å²) in [6, 6.07) is 20.4. The third kappa shape index (κ3) is 6.02. The van der Waals surface area contributed by atoms with Crippen molar-refractivity contribution < 1.29 is 9.53 Å². The number of thiophene rings is 1. The standard InChI is InChI=1S/C27H31N3O2S/c1-20(2)21-11-13-22(14-12-21)32-18-6-5-17-30-24-9-4-3-8-23(24)29-26(30)15-16-28-27(31)25-10-7-19-33-25/h3-4,7-14,19-20H,5-6,15-18H2,1-2H3,(H,28,31). The Labute approximate surface area is 199 Å². The lowest BCUT2D eigenvalue weighted by atomic mass is 10.0. The molecule has 5 nitrogen and oxygen atoms in total. The number of benzene rings is 2. The van der Waals surface area contributed by atoms with Gasteiger partial charge in [0.2, 0.25) is 0 Å². The van der Waals surface area contributed by atoms with E-state index >= 15 is 0 Å². The number of aromatic nitrogens is 2. The Bertz CT molecular complexity index is 1160. The fourth-order valence-electron chi connectivity index (χ4n) is 3.86. The molecule has 6 heteroatoms. The predicted octanol–water partition coefficient (Wildman–Crippen LogP) is 6.05. The van der Waals surface area contributed by atoms with Gasteiger partial charge in [0.1, 0.15) is 11.6 Å². The number of hydrogen-bond donors (Lipinski definition) is 1. The van der Waals surface area contributed by atoms with Gasteiger partial charge in [0, 0.05) is 19.5 Å². The molecule has 0 saturated carbocycles. The molecular weight excluding hydrogens is 430 g/mol. The van der Waals surface area contributed by atoms with Gasteiger partial charge in [-0.1, -0.05) is 44.2 Å². The summed E-state index contributed by atoms with van der Waals surface area (Å²) in [6.07, 6.45) is 2.66. The number of aryl methyl sites for hydroxylation is 1. The molecule has 0 radical (unpaired) electrons. The average molecular weight is 462 g/mol. The third-order valence-corrected chi connectivity index (χ3v) is 6.57.